The number of hydrogen-bond donors (Lipinski definition) is 1. The molecule has 0 amide bonds. The topological polar surface area (TPSA) is 30.5 Å². The molecule has 94 valence electrons. The van der Waals surface area contributed by atoms with Gasteiger partial charge in [-0.2, -0.15) is 0 Å². The molecule has 1 aromatic carbocycles. The molecule has 0 aromatic heterocycles. The molecule has 17 heavy (non-hydrogen) atoms. The molecule has 1 aliphatic heterocycles. The zero-order valence-corrected chi connectivity index (χ0v) is 11.8. The van der Waals surface area contributed by atoms with Gasteiger partial charge in [0.25, 0.3) is 0 Å². The van der Waals surface area contributed by atoms with Crippen molar-refractivity contribution in [1.82, 2.24) is 5.32 Å². The molecule has 1 aliphatic rings. The number of halogens is 1. The quantitative estimate of drug-likeness (QED) is 0.925. The Kier molecular flexibility index (Phi) is 4.29. The third-order valence-electron chi connectivity index (χ3n) is 2.90. The van der Waals surface area contributed by atoms with Gasteiger partial charge >= 0.3 is 0 Å². The Morgan fingerprint density at radius 1 is 1.24 bits per heavy atom. The average molecular weight is 300 g/mol. The third kappa shape index (κ3) is 2.75. The molecule has 0 aliphatic carbocycles. The number of fused-ring (bicyclic) bond motifs is 1. The largest absolute Gasteiger partial charge is 0.486 e. The number of rotatable bonds is 4. The van der Waals surface area contributed by atoms with Crippen LogP contribution in [0.3, 0.4) is 0 Å². The van der Waals surface area contributed by atoms with Gasteiger partial charge in [-0.3, -0.25) is 0 Å². The Balaban J connectivity index is 2.33. The van der Waals surface area contributed by atoms with E-state index in [-0.39, 0.29) is 0 Å². The van der Waals surface area contributed by atoms with E-state index >= 15 is 0 Å². The van der Waals surface area contributed by atoms with Crippen LogP contribution in [0.15, 0.2) is 16.6 Å². The minimum absolute atomic E-state index is 0.352. The van der Waals surface area contributed by atoms with Gasteiger partial charge in [0, 0.05) is 10.5 Å². The number of ether oxygens (including phenoxy) is 2. The lowest BCUT2D eigenvalue weighted by atomic mass is 10.0. The molecular weight excluding hydrogens is 282 g/mol. The van der Waals surface area contributed by atoms with Crippen molar-refractivity contribution in [3.05, 3.63) is 22.2 Å². The molecule has 1 unspecified atom stereocenters. The van der Waals surface area contributed by atoms with E-state index in [4.69, 9.17) is 9.47 Å². The molecule has 3 nitrogen and oxygen atoms in total. The molecule has 1 atom stereocenters. The fourth-order valence-electron chi connectivity index (χ4n) is 2.07. The lowest BCUT2D eigenvalue weighted by Gasteiger charge is -2.23. The summed E-state index contributed by atoms with van der Waals surface area (Å²) in [5.41, 5.74) is 1.23. The van der Waals surface area contributed by atoms with Crippen LogP contribution in [0.25, 0.3) is 0 Å². The van der Waals surface area contributed by atoms with Crippen LogP contribution in [0.2, 0.25) is 0 Å². The fraction of sp³-hybridized carbons (Fsp3) is 0.538. The summed E-state index contributed by atoms with van der Waals surface area (Å²) >= 11 is 3.61. The van der Waals surface area contributed by atoms with Crippen molar-refractivity contribution in [2.75, 3.05) is 19.8 Å². The summed E-state index contributed by atoms with van der Waals surface area (Å²) in [6.07, 6.45) is 1.05. The molecule has 0 saturated heterocycles. The van der Waals surface area contributed by atoms with E-state index in [1.54, 1.807) is 0 Å². The minimum atomic E-state index is 0.352. The highest BCUT2D eigenvalue weighted by atomic mass is 79.9. The maximum atomic E-state index is 5.62. The third-order valence-corrected chi connectivity index (χ3v) is 3.58. The highest BCUT2D eigenvalue weighted by Gasteiger charge is 2.18. The summed E-state index contributed by atoms with van der Waals surface area (Å²) in [6.45, 7) is 6.51. The second-order valence-corrected chi connectivity index (χ2v) is 4.89. The zero-order valence-electron chi connectivity index (χ0n) is 10.3. The predicted octanol–water partition coefficient (Wildman–Crippen LogP) is 3.28. The van der Waals surface area contributed by atoms with E-state index in [0.29, 0.717) is 19.3 Å². The first-order valence-electron chi connectivity index (χ1n) is 6.08. The summed E-state index contributed by atoms with van der Waals surface area (Å²) < 4.78 is 12.3. The molecule has 2 rings (SSSR count). The van der Waals surface area contributed by atoms with Gasteiger partial charge in [-0.1, -0.05) is 29.8 Å². The van der Waals surface area contributed by atoms with Gasteiger partial charge < -0.3 is 14.8 Å². The molecule has 1 heterocycles. The van der Waals surface area contributed by atoms with Crippen molar-refractivity contribution in [1.29, 1.82) is 0 Å². The van der Waals surface area contributed by atoms with Gasteiger partial charge in [-0.05, 0) is 30.7 Å². The van der Waals surface area contributed by atoms with Gasteiger partial charge in [-0.15, -0.1) is 0 Å². The lowest BCUT2D eigenvalue weighted by molar-refractivity contribution is 0.171. The van der Waals surface area contributed by atoms with E-state index in [1.807, 2.05) is 6.07 Å². The Labute approximate surface area is 111 Å². The predicted molar refractivity (Wildman–Crippen MR) is 71.8 cm³/mol. The number of benzene rings is 1. The lowest BCUT2D eigenvalue weighted by Crippen LogP contribution is -2.21. The van der Waals surface area contributed by atoms with Crippen molar-refractivity contribution >= 4 is 15.9 Å². The summed E-state index contributed by atoms with van der Waals surface area (Å²) in [5.74, 6) is 1.68. The summed E-state index contributed by atoms with van der Waals surface area (Å²) in [4.78, 5) is 0. The molecular formula is C13H18BrNO2. The summed E-state index contributed by atoms with van der Waals surface area (Å²) in [6, 6.07) is 4.43. The van der Waals surface area contributed by atoms with Gasteiger partial charge in [0.1, 0.15) is 13.2 Å². The monoisotopic (exact) mass is 299 g/mol. The SMILES string of the molecule is CCNC(CC)c1cc2c(cc1Br)OCCO2. The molecule has 0 spiro atoms. The molecule has 0 bridgehead atoms. The van der Waals surface area contributed by atoms with Crippen LogP contribution in [-0.4, -0.2) is 19.8 Å². The number of nitrogens with one attached hydrogen (secondary N) is 1. The summed E-state index contributed by atoms with van der Waals surface area (Å²) in [7, 11) is 0. The van der Waals surface area contributed by atoms with E-state index in [2.05, 4.69) is 41.2 Å². The Hall–Kier alpha value is -0.740. The first-order chi connectivity index (χ1) is 8.26. The van der Waals surface area contributed by atoms with Crippen LogP contribution < -0.4 is 14.8 Å². The van der Waals surface area contributed by atoms with Crippen LogP contribution in [0, 0.1) is 0 Å². The fourth-order valence-corrected chi connectivity index (χ4v) is 2.67. The van der Waals surface area contributed by atoms with Gasteiger partial charge in [0.15, 0.2) is 11.5 Å². The molecule has 0 fully saturated rings. The smallest absolute Gasteiger partial charge is 0.162 e. The Morgan fingerprint density at radius 2 is 1.88 bits per heavy atom. The van der Waals surface area contributed by atoms with Crippen molar-refractivity contribution in [3.8, 4) is 11.5 Å². The van der Waals surface area contributed by atoms with E-state index in [0.717, 1.165) is 28.9 Å². The molecule has 0 radical (unpaired) electrons. The van der Waals surface area contributed by atoms with Crippen LogP contribution in [0.1, 0.15) is 31.9 Å². The Bertz CT molecular complexity index is 395. The van der Waals surface area contributed by atoms with Crippen molar-refractivity contribution in [2.45, 2.75) is 26.3 Å². The maximum absolute atomic E-state index is 5.62. The van der Waals surface area contributed by atoms with Crippen LogP contribution in [0.4, 0.5) is 0 Å². The van der Waals surface area contributed by atoms with Crippen molar-refractivity contribution < 1.29 is 9.47 Å². The molecule has 4 heteroatoms. The highest BCUT2D eigenvalue weighted by Crippen LogP contribution is 2.38. The second kappa shape index (κ2) is 5.74. The molecule has 1 N–H and O–H groups in total. The first kappa shape index (κ1) is 12.7. The van der Waals surface area contributed by atoms with Crippen LogP contribution in [0.5, 0.6) is 11.5 Å². The summed E-state index contributed by atoms with van der Waals surface area (Å²) in [5, 5.41) is 3.47. The molecule has 0 saturated carbocycles. The Morgan fingerprint density at radius 3 is 2.47 bits per heavy atom. The molecule has 1 aromatic rings. The van der Waals surface area contributed by atoms with E-state index in [1.165, 1.54) is 5.56 Å². The van der Waals surface area contributed by atoms with Crippen LogP contribution >= 0.6 is 15.9 Å². The van der Waals surface area contributed by atoms with Gasteiger partial charge in [0.05, 0.1) is 0 Å². The van der Waals surface area contributed by atoms with Crippen LogP contribution in [-0.2, 0) is 0 Å². The minimum Gasteiger partial charge on any atom is -0.486 e. The van der Waals surface area contributed by atoms with E-state index < -0.39 is 0 Å². The zero-order chi connectivity index (χ0) is 12.3. The highest BCUT2D eigenvalue weighted by molar-refractivity contribution is 9.10. The standard InChI is InChI=1S/C13H18BrNO2/c1-3-11(15-4-2)9-7-12-13(8-10(9)14)17-6-5-16-12/h7-8,11,15H,3-6H2,1-2H3. The first-order valence-corrected chi connectivity index (χ1v) is 6.88. The number of hydrogen-bond acceptors (Lipinski definition) is 3. The van der Waals surface area contributed by atoms with Gasteiger partial charge in [0.2, 0.25) is 0 Å². The normalized spacial score (nSPS) is 15.7. The van der Waals surface area contributed by atoms with Gasteiger partial charge in [-0.25, -0.2) is 0 Å². The average Bonchev–Trinajstić information content (AvgIpc) is 2.35. The maximum Gasteiger partial charge on any atom is 0.162 e. The van der Waals surface area contributed by atoms with Crippen molar-refractivity contribution in [2.24, 2.45) is 0 Å². The van der Waals surface area contributed by atoms with Crippen molar-refractivity contribution in [3.63, 3.8) is 0 Å². The second-order valence-electron chi connectivity index (χ2n) is 4.04. The van der Waals surface area contributed by atoms with E-state index in [9.17, 15) is 0 Å².